The Bertz CT molecular complexity index is 531. The van der Waals surface area contributed by atoms with Gasteiger partial charge in [-0.15, -0.1) is 11.3 Å². The predicted octanol–water partition coefficient (Wildman–Crippen LogP) is 3.83. The molecule has 0 radical (unpaired) electrons. The van der Waals surface area contributed by atoms with Crippen LogP contribution in [-0.4, -0.2) is 10.1 Å². The van der Waals surface area contributed by atoms with E-state index in [4.69, 9.17) is 11.6 Å². The number of aliphatic hydroxyl groups excluding tert-OH is 1. The van der Waals surface area contributed by atoms with Crippen LogP contribution < -0.4 is 0 Å². The van der Waals surface area contributed by atoms with Crippen LogP contribution in [0.25, 0.3) is 10.6 Å². The smallest absolute Gasteiger partial charge is 0.123 e. The molecule has 88 valence electrons. The molecule has 4 heteroatoms. The van der Waals surface area contributed by atoms with E-state index in [2.05, 4.69) is 4.98 Å². The van der Waals surface area contributed by atoms with Crippen molar-refractivity contribution in [1.82, 2.24) is 4.98 Å². The van der Waals surface area contributed by atoms with Crippen LogP contribution in [0.1, 0.15) is 29.3 Å². The molecular formula is C13H12ClNOS. The molecule has 0 atom stereocenters. The summed E-state index contributed by atoms with van der Waals surface area (Å²) in [7, 11) is 0. The summed E-state index contributed by atoms with van der Waals surface area (Å²) in [5, 5.41) is 11.1. The molecule has 1 heterocycles. The standard InChI is InChI=1S/C13H12ClNOS/c14-10-5-3-9(4-6-10)13-15-12(8-1-2-8)11(7-16)17-13/h3-6,8,16H,1-2,7H2. The van der Waals surface area contributed by atoms with Crippen LogP contribution in [0, 0.1) is 0 Å². The van der Waals surface area contributed by atoms with E-state index in [1.54, 1.807) is 11.3 Å². The third-order valence-electron chi connectivity index (χ3n) is 2.93. The maximum Gasteiger partial charge on any atom is 0.123 e. The Hall–Kier alpha value is -0.900. The summed E-state index contributed by atoms with van der Waals surface area (Å²) in [6.07, 6.45) is 2.41. The third-order valence-corrected chi connectivity index (χ3v) is 4.28. The summed E-state index contributed by atoms with van der Waals surface area (Å²) >= 11 is 7.45. The molecule has 0 spiro atoms. The lowest BCUT2D eigenvalue weighted by Crippen LogP contribution is -1.87. The number of hydrogen-bond acceptors (Lipinski definition) is 3. The van der Waals surface area contributed by atoms with Gasteiger partial charge in [0.05, 0.1) is 17.2 Å². The topological polar surface area (TPSA) is 33.1 Å². The summed E-state index contributed by atoms with van der Waals surface area (Å²) in [4.78, 5) is 5.67. The zero-order valence-corrected chi connectivity index (χ0v) is 10.8. The zero-order chi connectivity index (χ0) is 11.8. The van der Waals surface area contributed by atoms with Gasteiger partial charge < -0.3 is 5.11 Å². The first-order valence-corrected chi connectivity index (χ1v) is 6.84. The monoisotopic (exact) mass is 265 g/mol. The van der Waals surface area contributed by atoms with Crippen molar-refractivity contribution in [2.45, 2.75) is 25.4 Å². The second-order valence-electron chi connectivity index (χ2n) is 4.27. The molecule has 2 aromatic rings. The Morgan fingerprint density at radius 3 is 2.59 bits per heavy atom. The van der Waals surface area contributed by atoms with Crippen molar-refractivity contribution in [2.24, 2.45) is 0 Å². The normalized spacial score (nSPS) is 15.2. The Morgan fingerprint density at radius 2 is 2.00 bits per heavy atom. The molecular weight excluding hydrogens is 254 g/mol. The number of nitrogens with zero attached hydrogens (tertiary/aromatic N) is 1. The SMILES string of the molecule is OCc1sc(-c2ccc(Cl)cc2)nc1C1CC1. The van der Waals surface area contributed by atoms with E-state index in [9.17, 15) is 5.11 Å². The summed E-state index contributed by atoms with van der Waals surface area (Å²) in [5.74, 6) is 0.578. The molecule has 1 aromatic heterocycles. The second-order valence-corrected chi connectivity index (χ2v) is 5.79. The van der Waals surface area contributed by atoms with Crippen LogP contribution in [0.5, 0.6) is 0 Å². The first kappa shape index (κ1) is 11.2. The maximum absolute atomic E-state index is 9.35. The van der Waals surface area contributed by atoms with Crippen LogP contribution >= 0.6 is 22.9 Å². The quantitative estimate of drug-likeness (QED) is 0.915. The van der Waals surface area contributed by atoms with Crippen LogP contribution in [0.4, 0.5) is 0 Å². The molecule has 1 aliphatic carbocycles. The highest BCUT2D eigenvalue weighted by Crippen LogP contribution is 2.44. The molecule has 1 aliphatic rings. The van der Waals surface area contributed by atoms with Gasteiger partial charge in [0.25, 0.3) is 0 Å². The molecule has 0 bridgehead atoms. The molecule has 1 N–H and O–H groups in total. The fourth-order valence-corrected chi connectivity index (χ4v) is 3.01. The van der Waals surface area contributed by atoms with Gasteiger partial charge in [-0.05, 0) is 25.0 Å². The first-order valence-electron chi connectivity index (χ1n) is 5.64. The van der Waals surface area contributed by atoms with Crippen molar-refractivity contribution >= 4 is 22.9 Å². The predicted molar refractivity (Wildman–Crippen MR) is 70.5 cm³/mol. The molecule has 0 aliphatic heterocycles. The summed E-state index contributed by atoms with van der Waals surface area (Å²) in [5.41, 5.74) is 2.17. The van der Waals surface area contributed by atoms with E-state index >= 15 is 0 Å². The first-order chi connectivity index (χ1) is 8.28. The van der Waals surface area contributed by atoms with Crippen molar-refractivity contribution in [3.8, 4) is 10.6 Å². The zero-order valence-electron chi connectivity index (χ0n) is 9.19. The number of aromatic nitrogens is 1. The van der Waals surface area contributed by atoms with Gasteiger partial charge in [0, 0.05) is 16.5 Å². The second kappa shape index (κ2) is 4.41. The summed E-state index contributed by atoms with van der Waals surface area (Å²) in [6.45, 7) is 0.0943. The van der Waals surface area contributed by atoms with Crippen molar-refractivity contribution in [3.63, 3.8) is 0 Å². The van der Waals surface area contributed by atoms with Gasteiger partial charge in [-0.2, -0.15) is 0 Å². The van der Waals surface area contributed by atoms with Gasteiger partial charge in [-0.25, -0.2) is 4.98 Å². The minimum atomic E-state index is 0.0943. The highest BCUT2D eigenvalue weighted by Gasteiger charge is 2.29. The van der Waals surface area contributed by atoms with E-state index in [0.717, 1.165) is 26.2 Å². The molecule has 1 saturated carbocycles. The average Bonchev–Trinajstić information content (AvgIpc) is 3.10. The Morgan fingerprint density at radius 1 is 1.29 bits per heavy atom. The van der Waals surface area contributed by atoms with Gasteiger partial charge in [0.15, 0.2) is 0 Å². The van der Waals surface area contributed by atoms with E-state index in [1.165, 1.54) is 12.8 Å². The van der Waals surface area contributed by atoms with Crippen LogP contribution in [0.15, 0.2) is 24.3 Å². The van der Waals surface area contributed by atoms with Crippen molar-refractivity contribution in [3.05, 3.63) is 39.9 Å². The van der Waals surface area contributed by atoms with E-state index < -0.39 is 0 Å². The fourth-order valence-electron chi connectivity index (χ4n) is 1.87. The largest absolute Gasteiger partial charge is 0.391 e. The van der Waals surface area contributed by atoms with Crippen LogP contribution in [0.3, 0.4) is 0 Å². The van der Waals surface area contributed by atoms with Crippen molar-refractivity contribution < 1.29 is 5.11 Å². The molecule has 1 fully saturated rings. The van der Waals surface area contributed by atoms with Crippen LogP contribution in [0.2, 0.25) is 5.02 Å². The Kier molecular flexibility index (Phi) is 2.90. The molecule has 17 heavy (non-hydrogen) atoms. The molecule has 2 nitrogen and oxygen atoms in total. The lowest BCUT2D eigenvalue weighted by Gasteiger charge is -1.95. The van der Waals surface area contributed by atoms with Crippen molar-refractivity contribution in [2.75, 3.05) is 0 Å². The number of hydrogen-bond donors (Lipinski definition) is 1. The third kappa shape index (κ3) is 2.23. The van der Waals surface area contributed by atoms with Crippen LogP contribution in [-0.2, 0) is 6.61 Å². The average molecular weight is 266 g/mol. The van der Waals surface area contributed by atoms with E-state index in [-0.39, 0.29) is 6.61 Å². The number of thiazole rings is 1. The van der Waals surface area contributed by atoms with E-state index in [0.29, 0.717) is 5.92 Å². The maximum atomic E-state index is 9.35. The number of benzene rings is 1. The highest BCUT2D eigenvalue weighted by atomic mass is 35.5. The number of halogens is 1. The van der Waals surface area contributed by atoms with Gasteiger partial charge in [0.2, 0.25) is 0 Å². The van der Waals surface area contributed by atoms with E-state index in [1.807, 2.05) is 24.3 Å². The number of rotatable bonds is 3. The van der Waals surface area contributed by atoms with Gasteiger partial charge >= 0.3 is 0 Å². The summed E-state index contributed by atoms with van der Waals surface area (Å²) < 4.78 is 0. The number of aliphatic hydroxyl groups is 1. The Balaban J connectivity index is 2.00. The van der Waals surface area contributed by atoms with Gasteiger partial charge in [-0.1, -0.05) is 23.7 Å². The Labute approximate surface area is 109 Å². The van der Waals surface area contributed by atoms with Gasteiger partial charge in [-0.3, -0.25) is 0 Å². The molecule has 3 rings (SSSR count). The molecule has 1 aromatic carbocycles. The minimum Gasteiger partial charge on any atom is -0.391 e. The van der Waals surface area contributed by atoms with Crippen molar-refractivity contribution in [1.29, 1.82) is 0 Å². The lowest BCUT2D eigenvalue weighted by molar-refractivity contribution is 0.284. The minimum absolute atomic E-state index is 0.0943. The lowest BCUT2D eigenvalue weighted by atomic mass is 10.2. The summed E-state index contributed by atoms with van der Waals surface area (Å²) in [6, 6.07) is 7.68. The highest BCUT2D eigenvalue weighted by molar-refractivity contribution is 7.15. The fraction of sp³-hybridized carbons (Fsp3) is 0.308. The molecule has 0 saturated heterocycles. The van der Waals surface area contributed by atoms with Gasteiger partial charge in [0.1, 0.15) is 5.01 Å². The molecule has 0 amide bonds. The molecule has 0 unspecified atom stereocenters.